The predicted octanol–water partition coefficient (Wildman–Crippen LogP) is 3.09. The predicted molar refractivity (Wildman–Crippen MR) is 118 cm³/mol. The molecular weight excluding hydrogens is 451 g/mol. The molecule has 3 N–H and O–H groups in total. The van der Waals surface area contributed by atoms with E-state index in [0.717, 1.165) is 23.0 Å². The summed E-state index contributed by atoms with van der Waals surface area (Å²) in [6.45, 7) is 0. The first-order valence-electron chi connectivity index (χ1n) is 7.60. The van der Waals surface area contributed by atoms with E-state index in [1.165, 1.54) is 0 Å². The summed E-state index contributed by atoms with van der Waals surface area (Å²) in [6.07, 6.45) is -1.35. The SMILES string of the molecule is OC(CCl)CSCCSC(CSCC(O)CCl)CSCC(O)CCl. The second kappa shape index (κ2) is 18.5. The maximum atomic E-state index is 9.52. The smallest absolute Gasteiger partial charge is 0.0765 e. The Labute approximate surface area is 177 Å². The van der Waals surface area contributed by atoms with E-state index in [-0.39, 0.29) is 17.6 Å². The van der Waals surface area contributed by atoms with Gasteiger partial charge in [-0.05, 0) is 0 Å². The molecule has 3 atom stereocenters. The molecule has 10 heteroatoms. The van der Waals surface area contributed by atoms with Crippen molar-refractivity contribution in [3.63, 3.8) is 0 Å². The minimum absolute atomic E-state index is 0.265. The van der Waals surface area contributed by atoms with Crippen LogP contribution in [0.25, 0.3) is 0 Å². The third-order valence-corrected chi connectivity index (χ3v) is 9.28. The van der Waals surface area contributed by atoms with Crippen LogP contribution in [0, 0.1) is 0 Å². The van der Waals surface area contributed by atoms with Crippen molar-refractivity contribution in [1.29, 1.82) is 0 Å². The number of hydrogen-bond donors (Lipinski definition) is 3. The Morgan fingerprint density at radius 1 is 0.583 bits per heavy atom. The fourth-order valence-corrected chi connectivity index (χ4v) is 7.21. The van der Waals surface area contributed by atoms with Crippen LogP contribution in [0.1, 0.15) is 0 Å². The van der Waals surface area contributed by atoms with E-state index in [1.54, 1.807) is 35.3 Å². The summed E-state index contributed by atoms with van der Waals surface area (Å²) in [7, 11) is 0. The van der Waals surface area contributed by atoms with E-state index in [4.69, 9.17) is 34.8 Å². The Morgan fingerprint density at radius 3 is 1.42 bits per heavy atom. The molecule has 0 aliphatic rings. The van der Waals surface area contributed by atoms with Gasteiger partial charge in [0.15, 0.2) is 0 Å². The first-order chi connectivity index (χ1) is 11.5. The molecule has 0 spiro atoms. The summed E-state index contributed by atoms with van der Waals surface area (Å²) in [6, 6.07) is 0. The second-order valence-corrected chi connectivity index (χ2v) is 10.7. The van der Waals surface area contributed by atoms with Crippen LogP contribution >= 0.6 is 81.9 Å². The van der Waals surface area contributed by atoms with Crippen molar-refractivity contribution in [2.75, 3.05) is 57.9 Å². The molecule has 0 saturated carbocycles. The van der Waals surface area contributed by atoms with Crippen LogP contribution in [-0.4, -0.2) is 96.8 Å². The number of thioether (sulfide) groups is 4. The number of rotatable bonds is 17. The van der Waals surface area contributed by atoms with Gasteiger partial charge in [-0.15, -0.1) is 34.8 Å². The maximum Gasteiger partial charge on any atom is 0.0765 e. The van der Waals surface area contributed by atoms with Crippen molar-refractivity contribution in [1.82, 2.24) is 0 Å². The van der Waals surface area contributed by atoms with Crippen molar-refractivity contribution in [3.8, 4) is 0 Å². The van der Waals surface area contributed by atoms with Gasteiger partial charge in [-0.2, -0.15) is 47.0 Å². The lowest BCUT2D eigenvalue weighted by Gasteiger charge is -2.17. The average molecular weight is 478 g/mol. The lowest BCUT2D eigenvalue weighted by atomic mass is 10.5. The zero-order valence-corrected chi connectivity index (χ0v) is 19.0. The minimum Gasteiger partial charge on any atom is -0.391 e. The van der Waals surface area contributed by atoms with Gasteiger partial charge in [-0.1, -0.05) is 0 Å². The monoisotopic (exact) mass is 476 g/mol. The zero-order chi connectivity index (χ0) is 18.2. The molecule has 0 heterocycles. The lowest BCUT2D eigenvalue weighted by Crippen LogP contribution is -2.18. The van der Waals surface area contributed by atoms with Gasteiger partial charge in [0.2, 0.25) is 0 Å². The lowest BCUT2D eigenvalue weighted by molar-refractivity contribution is 0.223. The fourth-order valence-electron chi connectivity index (χ4n) is 1.44. The molecule has 0 aliphatic carbocycles. The first kappa shape index (κ1) is 26.1. The van der Waals surface area contributed by atoms with Gasteiger partial charge in [0.05, 0.1) is 18.3 Å². The van der Waals surface area contributed by atoms with E-state index in [2.05, 4.69) is 0 Å². The maximum absolute atomic E-state index is 9.52. The summed E-state index contributed by atoms with van der Waals surface area (Å²) in [5.74, 6) is 6.63. The van der Waals surface area contributed by atoms with E-state index in [9.17, 15) is 15.3 Å². The number of halogens is 3. The molecular formula is C14H27Cl3O3S4. The van der Waals surface area contributed by atoms with Gasteiger partial charge >= 0.3 is 0 Å². The zero-order valence-electron chi connectivity index (χ0n) is 13.5. The Hall–Kier alpha value is 2.15. The quantitative estimate of drug-likeness (QED) is 0.220. The molecule has 0 aromatic carbocycles. The summed E-state index contributed by atoms with van der Waals surface area (Å²) in [5, 5.41) is 28.9. The molecule has 0 radical (unpaired) electrons. The van der Waals surface area contributed by atoms with Crippen LogP contribution < -0.4 is 0 Å². The Morgan fingerprint density at radius 2 is 1.00 bits per heavy atom. The van der Waals surface area contributed by atoms with E-state index < -0.39 is 18.3 Å². The molecule has 3 unspecified atom stereocenters. The Bertz CT molecular complexity index is 268. The average Bonchev–Trinajstić information content (AvgIpc) is 2.59. The third kappa shape index (κ3) is 16.3. The first-order valence-corrected chi connectivity index (χ1v) is 13.7. The topological polar surface area (TPSA) is 60.7 Å². The van der Waals surface area contributed by atoms with Gasteiger partial charge < -0.3 is 15.3 Å². The molecule has 0 aliphatic heterocycles. The fraction of sp³-hybridized carbons (Fsp3) is 1.00. The van der Waals surface area contributed by atoms with Crippen molar-refractivity contribution in [2.24, 2.45) is 0 Å². The normalized spacial score (nSPS) is 16.8. The third-order valence-electron chi connectivity index (χ3n) is 2.65. The van der Waals surface area contributed by atoms with E-state index >= 15 is 0 Å². The molecule has 146 valence electrons. The number of hydrogen-bond acceptors (Lipinski definition) is 7. The van der Waals surface area contributed by atoms with Crippen LogP contribution in [0.15, 0.2) is 0 Å². The van der Waals surface area contributed by atoms with Crippen LogP contribution in [0.3, 0.4) is 0 Å². The molecule has 3 nitrogen and oxygen atoms in total. The van der Waals surface area contributed by atoms with Gasteiger partial charge in [0, 0.05) is 63.2 Å². The molecule has 0 fully saturated rings. The standard InChI is InChI=1S/C14H27Cl3O3S4/c15-3-11(18)6-21-1-2-24-14(9-22-7-12(19)4-16)10-23-8-13(20)5-17/h11-14,18-20H,1-10H2. The van der Waals surface area contributed by atoms with Crippen molar-refractivity contribution in [2.45, 2.75) is 23.6 Å². The van der Waals surface area contributed by atoms with Gasteiger partial charge in [-0.3, -0.25) is 0 Å². The van der Waals surface area contributed by atoms with Crippen LogP contribution in [-0.2, 0) is 0 Å². The van der Waals surface area contributed by atoms with Gasteiger partial charge in [0.1, 0.15) is 0 Å². The van der Waals surface area contributed by atoms with Crippen LogP contribution in [0.2, 0.25) is 0 Å². The second-order valence-electron chi connectivity index (χ2n) is 5.07. The van der Waals surface area contributed by atoms with Crippen molar-refractivity contribution >= 4 is 81.9 Å². The minimum atomic E-state index is -0.458. The summed E-state index contributed by atoms with van der Waals surface area (Å²) in [5.41, 5.74) is 0. The van der Waals surface area contributed by atoms with E-state index in [1.807, 2.05) is 11.8 Å². The van der Waals surface area contributed by atoms with Gasteiger partial charge in [0.25, 0.3) is 0 Å². The Balaban J connectivity index is 3.97. The number of aliphatic hydroxyl groups excluding tert-OH is 3. The van der Waals surface area contributed by atoms with Crippen LogP contribution in [0.4, 0.5) is 0 Å². The summed E-state index contributed by atoms with van der Waals surface area (Å²) >= 11 is 23.8. The number of alkyl halides is 3. The van der Waals surface area contributed by atoms with Crippen molar-refractivity contribution < 1.29 is 15.3 Å². The largest absolute Gasteiger partial charge is 0.391 e. The van der Waals surface area contributed by atoms with Crippen molar-refractivity contribution in [3.05, 3.63) is 0 Å². The molecule has 0 amide bonds. The Kier molecular flexibility index (Phi) is 20.2. The highest BCUT2D eigenvalue weighted by Crippen LogP contribution is 2.23. The summed E-state index contributed by atoms with van der Waals surface area (Å²) < 4.78 is 0. The molecule has 0 rings (SSSR count). The molecule has 0 saturated heterocycles. The molecule has 0 aromatic rings. The highest BCUT2D eigenvalue weighted by molar-refractivity contribution is 8.06. The molecule has 0 aromatic heterocycles. The van der Waals surface area contributed by atoms with Gasteiger partial charge in [-0.25, -0.2) is 0 Å². The summed E-state index contributed by atoms with van der Waals surface area (Å²) in [4.78, 5) is 0. The molecule has 0 bridgehead atoms. The molecule has 24 heavy (non-hydrogen) atoms. The highest BCUT2D eigenvalue weighted by atomic mass is 35.5. The van der Waals surface area contributed by atoms with E-state index in [0.29, 0.717) is 22.5 Å². The number of aliphatic hydroxyl groups is 3. The highest BCUT2D eigenvalue weighted by Gasteiger charge is 2.13. The van der Waals surface area contributed by atoms with Crippen LogP contribution in [0.5, 0.6) is 0 Å².